The highest BCUT2D eigenvalue weighted by Crippen LogP contribution is 2.38. The van der Waals surface area contributed by atoms with Crippen molar-refractivity contribution in [2.75, 3.05) is 6.54 Å². The summed E-state index contributed by atoms with van der Waals surface area (Å²) < 4.78 is 45.7. The van der Waals surface area contributed by atoms with Crippen molar-refractivity contribution in [3.05, 3.63) is 77.4 Å². The first-order chi connectivity index (χ1) is 16.3. The molecule has 174 valence electrons. The molecule has 2 aromatic heterocycles. The Morgan fingerprint density at radius 3 is 2.65 bits per heavy atom. The molecule has 1 fully saturated rings. The van der Waals surface area contributed by atoms with E-state index in [0.29, 0.717) is 30.6 Å². The largest absolute Gasteiger partial charge is 0.417 e. The van der Waals surface area contributed by atoms with Gasteiger partial charge in [0.15, 0.2) is 0 Å². The maximum Gasteiger partial charge on any atom is 0.417 e. The maximum absolute atomic E-state index is 13.6. The van der Waals surface area contributed by atoms with Gasteiger partial charge in [0.1, 0.15) is 6.04 Å². The highest BCUT2D eigenvalue weighted by Gasteiger charge is 2.38. The third-order valence-electron chi connectivity index (χ3n) is 5.73. The Morgan fingerprint density at radius 1 is 1.12 bits per heavy atom. The van der Waals surface area contributed by atoms with E-state index in [0.717, 1.165) is 11.6 Å². The minimum absolute atomic E-state index is 0.101. The van der Waals surface area contributed by atoms with Gasteiger partial charge in [0.05, 0.1) is 29.2 Å². The first-order valence-corrected chi connectivity index (χ1v) is 10.6. The topological polar surface area (TPSA) is 89.9 Å². The van der Waals surface area contributed by atoms with Gasteiger partial charge in [0.25, 0.3) is 5.91 Å². The molecule has 0 bridgehead atoms. The molecular formula is C23H19F3N6O2. The molecule has 0 N–H and O–H groups in total. The summed E-state index contributed by atoms with van der Waals surface area (Å²) in [6.45, 7) is 2.32. The quantitative estimate of drug-likeness (QED) is 0.434. The fourth-order valence-corrected chi connectivity index (χ4v) is 4.16. The Kier molecular flexibility index (Phi) is 5.39. The summed E-state index contributed by atoms with van der Waals surface area (Å²) >= 11 is 0. The Hall–Kier alpha value is -4.02. The zero-order valence-electron chi connectivity index (χ0n) is 18.0. The standard InChI is InChI=1S/C23H19F3N6O2/c1-14-8-9-18(32-27-10-11-28-32)16(13-14)22(33)31-12-4-7-19(31)21-29-20(30-34-21)15-5-2-3-6-17(15)23(24,25)26/h2-3,5-6,8-11,13,19H,4,7,12H2,1H3. The van der Waals surface area contributed by atoms with Crippen LogP contribution in [-0.2, 0) is 6.18 Å². The third kappa shape index (κ3) is 3.93. The average Bonchev–Trinajstić information content (AvgIpc) is 3.59. The van der Waals surface area contributed by atoms with Gasteiger partial charge in [0.2, 0.25) is 11.7 Å². The van der Waals surface area contributed by atoms with Crippen LogP contribution in [-0.4, -0.2) is 42.5 Å². The zero-order chi connectivity index (χ0) is 23.9. The van der Waals surface area contributed by atoms with Crippen LogP contribution in [0.1, 0.15) is 46.3 Å². The lowest BCUT2D eigenvalue weighted by atomic mass is 10.1. The molecule has 0 radical (unpaired) electrons. The van der Waals surface area contributed by atoms with Gasteiger partial charge in [0, 0.05) is 12.1 Å². The lowest BCUT2D eigenvalue weighted by Gasteiger charge is -2.23. The summed E-state index contributed by atoms with van der Waals surface area (Å²) in [4.78, 5) is 20.8. The number of halogens is 3. The Labute approximate surface area is 192 Å². The van der Waals surface area contributed by atoms with Crippen molar-refractivity contribution < 1.29 is 22.5 Å². The molecule has 0 aliphatic carbocycles. The number of hydrogen-bond acceptors (Lipinski definition) is 6. The van der Waals surface area contributed by atoms with Crippen LogP contribution in [0.5, 0.6) is 0 Å². The minimum atomic E-state index is -4.56. The van der Waals surface area contributed by atoms with E-state index in [1.54, 1.807) is 17.0 Å². The van der Waals surface area contributed by atoms with Crippen molar-refractivity contribution in [1.82, 2.24) is 30.0 Å². The molecule has 11 heteroatoms. The number of aryl methyl sites for hydroxylation is 1. The van der Waals surface area contributed by atoms with Crippen LogP contribution < -0.4 is 0 Å². The van der Waals surface area contributed by atoms with Gasteiger partial charge < -0.3 is 9.42 Å². The van der Waals surface area contributed by atoms with Gasteiger partial charge in [-0.3, -0.25) is 4.79 Å². The predicted molar refractivity (Wildman–Crippen MR) is 114 cm³/mol. The van der Waals surface area contributed by atoms with E-state index < -0.39 is 17.8 Å². The predicted octanol–water partition coefficient (Wildman–Crippen LogP) is 4.62. The molecule has 1 aliphatic rings. The number of likely N-dealkylation sites (tertiary alicyclic amines) is 1. The fraction of sp³-hybridized carbons (Fsp3) is 0.261. The summed E-state index contributed by atoms with van der Waals surface area (Å²) in [5.74, 6) is -0.336. The van der Waals surface area contributed by atoms with E-state index in [2.05, 4.69) is 20.3 Å². The SMILES string of the molecule is Cc1ccc(-n2nccn2)c(C(=O)N2CCCC2c2nc(-c3ccccc3C(F)(F)F)no2)c1. The summed E-state index contributed by atoms with van der Waals surface area (Å²) in [5, 5.41) is 12.1. The molecule has 1 unspecified atom stereocenters. The van der Waals surface area contributed by atoms with Crippen LogP contribution in [0, 0.1) is 6.92 Å². The van der Waals surface area contributed by atoms with E-state index in [1.807, 2.05) is 13.0 Å². The molecule has 3 heterocycles. The van der Waals surface area contributed by atoms with Crippen molar-refractivity contribution in [1.29, 1.82) is 0 Å². The van der Waals surface area contributed by atoms with Crippen molar-refractivity contribution in [3.8, 4) is 17.1 Å². The normalized spacial score (nSPS) is 16.2. The Bertz CT molecular complexity index is 1330. The van der Waals surface area contributed by atoms with Crippen molar-refractivity contribution >= 4 is 5.91 Å². The van der Waals surface area contributed by atoms with E-state index in [4.69, 9.17) is 4.52 Å². The molecule has 1 saturated heterocycles. The number of aromatic nitrogens is 5. The first-order valence-electron chi connectivity index (χ1n) is 10.6. The zero-order valence-corrected chi connectivity index (χ0v) is 18.0. The van der Waals surface area contributed by atoms with Crippen molar-refractivity contribution in [3.63, 3.8) is 0 Å². The second-order valence-corrected chi connectivity index (χ2v) is 8.00. The summed E-state index contributed by atoms with van der Waals surface area (Å²) in [6, 6.07) is 9.89. The van der Waals surface area contributed by atoms with Gasteiger partial charge >= 0.3 is 6.18 Å². The van der Waals surface area contributed by atoms with Gasteiger partial charge in [-0.05, 0) is 38.0 Å². The summed E-state index contributed by atoms with van der Waals surface area (Å²) in [5.41, 5.74) is 0.796. The molecule has 34 heavy (non-hydrogen) atoms. The number of benzene rings is 2. The monoisotopic (exact) mass is 468 g/mol. The molecule has 4 aromatic rings. The average molecular weight is 468 g/mol. The van der Waals surface area contributed by atoms with Crippen LogP contribution in [0.25, 0.3) is 17.1 Å². The fourth-order valence-electron chi connectivity index (χ4n) is 4.16. The van der Waals surface area contributed by atoms with Gasteiger partial charge in [-0.1, -0.05) is 35.0 Å². The lowest BCUT2D eigenvalue weighted by Crippen LogP contribution is -2.31. The molecular weight excluding hydrogens is 449 g/mol. The molecule has 2 aromatic carbocycles. The number of rotatable bonds is 4. The van der Waals surface area contributed by atoms with Crippen LogP contribution in [0.3, 0.4) is 0 Å². The number of nitrogens with zero attached hydrogens (tertiary/aromatic N) is 6. The Morgan fingerprint density at radius 2 is 1.88 bits per heavy atom. The van der Waals surface area contributed by atoms with Crippen molar-refractivity contribution in [2.24, 2.45) is 0 Å². The number of amides is 1. The van der Waals surface area contributed by atoms with Crippen LogP contribution in [0.4, 0.5) is 13.2 Å². The second kappa shape index (κ2) is 8.40. The third-order valence-corrected chi connectivity index (χ3v) is 5.73. The molecule has 1 aliphatic heterocycles. The summed E-state index contributed by atoms with van der Waals surface area (Å²) in [6.07, 6.45) is -0.282. The van der Waals surface area contributed by atoms with E-state index in [1.165, 1.54) is 35.4 Å². The number of carbonyl (C=O) groups excluding carboxylic acids is 1. The highest BCUT2D eigenvalue weighted by molar-refractivity contribution is 5.98. The molecule has 5 rings (SSSR count). The smallest absolute Gasteiger partial charge is 0.337 e. The molecule has 0 spiro atoms. The van der Waals surface area contributed by atoms with E-state index in [-0.39, 0.29) is 23.2 Å². The maximum atomic E-state index is 13.6. The van der Waals surface area contributed by atoms with Gasteiger partial charge in [-0.15, -0.1) is 0 Å². The minimum Gasteiger partial charge on any atom is -0.337 e. The Balaban J connectivity index is 1.48. The van der Waals surface area contributed by atoms with Crippen molar-refractivity contribution in [2.45, 2.75) is 32.0 Å². The van der Waals surface area contributed by atoms with Crippen LogP contribution in [0.15, 0.2) is 59.4 Å². The number of alkyl halides is 3. The molecule has 1 amide bonds. The van der Waals surface area contributed by atoms with E-state index >= 15 is 0 Å². The second-order valence-electron chi connectivity index (χ2n) is 8.00. The van der Waals surface area contributed by atoms with E-state index in [9.17, 15) is 18.0 Å². The highest BCUT2D eigenvalue weighted by atomic mass is 19.4. The number of carbonyl (C=O) groups is 1. The van der Waals surface area contributed by atoms with Gasteiger partial charge in [-0.25, -0.2) is 0 Å². The first kappa shape index (κ1) is 21.8. The van der Waals surface area contributed by atoms with Crippen LogP contribution in [0.2, 0.25) is 0 Å². The summed E-state index contributed by atoms with van der Waals surface area (Å²) in [7, 11) is 0. The molecule has 0 saturated carbocycles. The van der Waals surface area contributed by atoms with Crippen LogP contribution >= 0.6 is 0 Å². The number of hydrogen-bond donors (Lipinski definition) is 0. The lowest BCUT2D eigenvalue weighted by molar-refractivity contribution is -0.137. The molecule has 1 atom stereocenters. The van der Waals surface area contributed by atoms with Gasteiger partial charge in [-0.2, -0.15) is 33.1 Å². The molecule has 8 nitrogen and oxygen atoms in total.